The minimum Gasteiger partial charge on any atom is -0.412 e. The molecule has 0 saturated carbocycles. The molecule has 0 aromatic carbocycles. The summed E-state index contributed by atoms with van der Waals surface area (Å²) in [6.07, 6.45) is -3.15. The standard InChI is InChI=1S/C6H7ClF3NO/c1-4-5(7)2-12-11(4)3-6(8,9)10/h2,4H,3H2,1H3. The van der Waals surface area contributed by atoms with E-state index in [0.717, 1.165) is 11.3 Å². The van der Waals surface area contributed by atoms with Crippen LogP contribution < -0.4 is 0 Å². The predicted molar refractivity (Wildman–Crippen MR) is 37.2 cm³/mol. The molecule has 0 fully saturated rings. The van der Waals surface area contributed by atoms with Gasteiger partial charge in [-0.25, -0.2) is 0 Å². The average Bonchev–Trinajstić information content (AvgIpc) is 2.16. The summed E-state index contributed by atoms with van der Waals surface area (Å²) in [5.41, 5.74) is 0. The Kier molecular flexibility index (Phi) is 2.53. The summed E-state index contributed by atoms with van der Waals surface area (Å²) < 4.78 is 35.5. The Labute approximate surface area is 72.5 Å². The summed E-state index contributed by atoms with van der Waals surface area (Å²) in [6, 6.07) is -0.520. The van der Waals surface area contributed by atoms with Crippen LogP contribution in [0, 0.1) is 0 Å². The van der Waals surface area contributed by atoms with Gasteiger partial charge in [0, 0.05) is 0 Å². The topological polar surface area (TPSA) is 12.5 Å². The first-order valence-corrected chi connectivity index (χ1v) is 3.63. The normalized spacial score (nSPS) is 25.4. The molecule has 1 unspecified atom stereocenters. The molecule has 0 bridgehead atoms. The average molecular weight is 202 g/mol. The van der Waals surface area contributed by atoms with E-state index in [1.807, 2.05) is 0 Å². The van der Waals surface area contributed by atoms with E-state index in [0.29, 0.717) is 0 Å². The third kappa shape index (κ3) is 2.28. The summed E-state index contributed by atoms with van der Waals surface area (Å²) in [5.74, 6) is 0. The second kappa shape index (κ2) is 3.14. The van der Waals surface area contributed by atoms with E-state index in [4.69, 9.17) is 11.6 Å². The molecule has 70 valence electrons. The van der Waals surface area contributed by atoms with E-state index >= 15 is 0 Å². The van der Waals surface area contributed by atoms with Crippen molar-refractivity contribution in [3.8, 4) is 0 Å². The van der Waals surface area contributed by atoms with Gasteiger partial charge in [0.25, 0.3) is 0 Å². The summed E-state index contributed by atoms with van der Waals surface area (Å²) in [5, 5.41) is 1.06. The first-order valence-electron chi connectivity index (χ1n) is 3.26. The fourth-order valence-corrected chi connectivity index (χ4v) is 0.945. The molecule has 1 atom stereocenters. The van der Waals surface area contributed by atoms with Crippen LogP contribution in [0.5, 0.6) is 0 Å². The lowest BCUT2D eigenvalue weighted by Crippen LogP contribution is -2.36. The summed E-state index contributed by atoms with van der Waals surface area (Å²) in [7, 11) is 0. The van der Waals surface area contributed by atoms with Crippen LogP contribution in [-0.4, -0.2) is 23.8 Å². The molecule has 0 aliphatic carbocycles. The molecule has 1 heterocycles. The molecular formula is C6H7ClF3NO. The first-order chi connectivity index (χ1) is 5.40. The van der Waals surface area contributed by atoms with E-state index in [1.165, 1.54) is 6.92 Å². The quantitative estimate of drug-likeness (QED) is 0.645. The molecular weight excluding hydrogens is 195 g/mol. The predicted octanol–water partition coefficient (Wildman–Crippen LogP) is 2.26. The summed E-state index contributed by atoms with van der Waals surface area (Å²) in [6.45, 7) is 0.429. The zero-order valence-corrected chi connectivity index (χ0v) is 6.99. The lowest BCUT2D eigenvalue weighted by Gasteiger charge is -2.20. The van der Waals surface area contributed by atoms with E-state index in [1.54, 1.807) is 0 Å². The summed E-state index contributed by atoms with van der Waals surface area (Å²) >= 11 is 5.51. The van der Waals surface area contributed by atoms with Crippen LogP contribution in [0.2, 0.25) is 0 Å². The highest BCUT2D eigenvalue weighted by molar-refractivity contribution is 6.30. The fraction of sp³-hybridized carbons (Fsp3) is 0.667. The Morgan fingerprint density at radius 1 is 1.67 bits per heavy atom. The molecule has 12 heavy (non-hydrogen) atoms. The Hall–Kier alpha value is -0.420. The van der Waals surface area contributed by atoms with Crippen molar-refractivity contribution in [3.63, 3.8) is 0 Å². The largest absolute Gasteiger partial charge is 0.412 e. The number of alkyl halides is 3. The minimum absolute atomic E-state index is 0.277. The van der Waals surface area contributed by atoms with Gasteiger partial charge in [-0.2, -0.15) is 13.2 Å². The van der Waals surface area contributed by atoms with Crippen LogP contribution in [0.4, 0.5) is 13.2 Å². The van der Waals surface area contributed by atoms with Crippen LogP contribution in [0.1, 0.15) is 6.92 Å². The molecule has 0 saturated heterocycles. The van der Waals surface area contributed by atoms with E-state index in [-0.39, 0.29) is 5.03 Å². The molecule has 0 radical (unpaired) electrons. The van der Waals surface area contributed by atoms with Gasteiger partial charge in [0.05, 0.1) is 11.1 Å². The Morgan fingerprint density at radius 2 is 2.25 bits per heavy atom. The van der Waals surface area contributed by atoms with E-state index in [9.17, 15) is 13.2 Å². The highest BCUT2D eigenvalue weighted by Gasteiger charge is 2.36. The van der Waals surface area contributed by atoms with Crippen molar-refractivity contribution >= 4 is 11.6 Å². The van der Waals surface area contributed by atoms with Gasteiger partial charge in [-0.1, -0.05) is 11.6 Å². The van der Waals surface area contributed by atoms with Crippen molar-refractivity contribution in [1.82, 2.24) is 5.06 Å². The molecule has 0 N–H and O–H groups in total. The fourth-order valence-electron chi connectivity index (χ4n) is 0.796. The Morgan fingerprint density at radius 3 is 2.58 bits per heavy atom. The van der Waals surface area contributed by atoms with Crippen molar-refractivity contribution in [2.75, 3.05) is 6.54 Å². The Balaban J connectivity index is 2.48. The molecule has 6 heteroatoms. The smallest absolute Gasteiger partial charge is 0.404 e. The molecule has 0 aromatic rings. The van der Waals surface area contributed by atoms with Crippen LogP contribution >= 0.6 is 11.6 Å². The number of rotatable bonds is 1. The third-order valence-corrected chi connectivity index (χ3v) is 1.87. The van der Waals surface area contributed by atoms with Crippen molar-refractivity contribution < 1.29 is 18.0 Å². The van der Waals surface area contributed by atoms with Crippen molar-refractivity contribution in [3.05, 3.63) is 11.3 Å². The molecule has 1 aliphatic heterocycles. The molecule has 0 aromatic heterocycles. The molecule has 1 aliphatic rings. The van der Waals surface area contributed by atoms with Gasteiger partial charge in [0.1, 0.15) is 12.8 Å². The molecule has 0 spiro atoms. The number of hydrogen-bond donors (Lipinski definition) is 0. The maximum atomic E-state index is 11.8. The van der Waals surface area contributed by atoms with Crippen LogP contribution in [0.15, 0.2) is 11.3 Å². The van der Waals surface area contributed by atoms with Crippen molar-refractivity contribution in [1.29, 1.82) is 0 Å². The number of halogens is 4. The maximum Gasteiger partial charge on any atom is 0.404 e. The summed E-state index contributed by atoms with van der Waals surface area (Å²) in [4.78, 5) is 4.57. The van der Waals surface area contributed by atoms with Gasteiger partial charge in [0.2, 0.25) is 0 Å². The highest BCUT2D eigenvalue weighted by atomic mass is 35.5. The molecule has 0 amide bonds. The second-order valence-corrected chi connectivity index (χ2v) is 2.91. The number of hydrogen-bond acceptors (Lipinski definition) is 2. The first kappa shape index (κ1) is 9.67. The van der Waals surface area contributed by atoms with Gasteiger partial charge in [-0.15, -0.1) is 5.06 Å². The zero-order chi connectivity index (χ0) is 9.35. The molecule has 2 nitrogen and oxygen atoms in total. The minimum atomic E-state index is -4.26. The third-order valence-electron chi connectivity index (χ3n) is 1.47. The van der Waals surface area contributed by atoms with Crippen LogP contribution in [-0.2, 0) is 4.84 Å². The zero-order valence-electron chi connectivity index (χ0n) is 6.23. The second-order valence-electron chi connectivity index (χ2n) is 2.47. The van der Waals surface area contributed by atoms with Crippen LogP contribution in [0.3, 0.4) is 0 Å². The molecule has 1 rings (SSSR count). The van der Waals surface area contributed by atoms with Gasteiger partial charge in [-0.3, -0.25) is 0 Å². The van der Waals surface area contributed by atoms with Gasteiger partial charge < -0.3 is 4.84 Å². The van der Waals surface area contributed by atoms with Gasteiger partial charge in [0.15, 0.2) is 0 Å². The monoisotopic (exact) mass is 201 g/mol. The lowest BCUT2D eigenvalue weighted by molar-refractivity contribution is -0.211. The number of hydroxylamine groups is 2. The van der Waals surface area contributed by atoms with E-state index < -0.39 is 18.8 Å². The number of nitrogens with zero attached hydrogens (tertiary/aromatic N) is 1. The Bertz CT molecular complexity index is 203. The van der Waals surface area contributed by atoms with Crippen molar-refractivity contribution in [2.45, 2.75) is 19.1 Å². The lowest BCUT2D eigenvalue weighted by atomic mass is 10.3. The highest BCUT2D eigenvalue weighted by Crippen LogP contribution is 2.26. The van der Waals surface area contributed by atoms with Crippen LogP contribution in [0.25, 0.3) is 0 Å². The van der Waals surface area contributed by atoms with Gasteiger partial charge >= 0.3 is 6.18 Å². The maximum absolute atomic E-state index is 11.8. The van der Waals surface area contributed by atoms with E-state index in [2.05, 4.69) is 4.84 Å². The SMILES string of the molecule is CC1C(Cl)=CON1CC(F)(F)F. The van der Waals surface area contributed by atoms with Crippen molar-refractivity contribution in [2.24, 2.45) is 0 Å². The van der Waals surface area contributed by atoms with Gasteiger partial charge in [-0.05, 0) is 6.92 Å².